The van der Waals surface area contributed by atoms with Crippen molar-refractivity contribution in [2.24, 2.45) is 0 Å². The first-order valence-electron chi connectivity index (χ1n) is 7.41. The van der Waals surface area contributed by atoms with Gasteiger partial charge >= 0.3 is 0 Å². The second-order valence-electron chi connectivity index (χ2n) is 5.36. The van der Waals surface area contributed by atoms with E-state index in [1.165, 1.54) is 0 Å². The lowest BCUT2D eigenvalue weighted by molar-refractivity contribution is 0.408. The molecule has 2 aromatic heterocycles. The summed E-state index contributed by atoms with van der Waals surface area (Å²) in [5.74, 6) is 1.72. The summed E-state index contributed by atoms with van der Waals surface area (Å²) in [6.07, 6.45) is 5.51. The Morgan fingerprint density at radius 1 is 1.17 bits per heavy atom. The number of aromatic amines is 1. The Bertz CT molecular complexity index is 908. The van der Waals surface area contributed by atoms with Crippen molar-refractivity contribution in [2.45, 2.75) is 6.54 Å². The second kappa shape index (κ2) is 5.61. The van der Waals surface area contributed by atoms with E-state index in [1.54, 1.807) is 19.6 Å². The normalized spacial score (nSPS) is 11.0. The molecule has 2 aromatic carbocycles. The maximum atomic E-state index is 5.48. The Morgan fingerprint density at radius 2 is 2.09 bits per heavy atom. The van der Waals surface area contributed by atoms with Gasteiger partial charge in [0.1, 0.15) is 11.6 Å². The number of aromatic nitrogens is 4. The van der Waals surface area contributed by atoms with Crippen LogP contribution in [-0.4, -0.2) is 26.6 Å². The summed E-state index contributed by atoms with van der Waals surface area (Å²) >= 11 is 0. The average molecular weight is 304 g/mol. The number of nitrogens with one attached hydrogen (secondary N) is 1. The Morgan fingerprint density at radius 3 is 2.87 bits per heavy atom. The van der Waals surface area contributed by atoms with Crippen LogP contribution in [0.15, 0.2) is 61.2 Å². The topological polar surface area (TPSA) is 55.7 Å². The van der Waals surface area contributed by atoms with Crippen molar-refractivity contribution in [1.82, 2.24) is 19.5 Å². The number of ether oxygens (including phenoxy) is 1. The highest BCUT2D eigenvalue weighted by Crippen LogP contribution is 2.27. The third-order valence-corrected chi connectivity index (χ3v) is 3.86. The van der Waals surface area contributed by atoms with E-state index < -0.39 is 0 Å². The maximum absolute atomic E-state index is 5.48. The molecule has 2 heterocycles. The Hall–Kier alpha value is -3.08. The third-order valence-electron chi connectivity index (χ3n) is 3.86. The van der Waals surface area contributed by atoms with Crippen LogP contribution in [0.1, 0.15) is 5.56 Å². The van der Waals surface area contributed by atoms with Crippen LogP contribution >= 0.6 is 0 Å². The highest BCUT2D eigenvalue weighted by atomic mass is 16.5. The first kappa shape index (κ1) is 13.6. The molecule has 0 atom stereocenters. The van der Waals surface area contributed by atoms with Gasteiger partial charge in [0.25, 0.3) is 0 Å². The lowest BCUT2D eigenvalue weighted by Gasteiger charge is -2.10. The van der Waals surface area contributed by atoms with Gasteiger partial charge < -0.3 is 14.3 Å². The SMILES string of the molecule is COc1ccc(-c2nc3ccccc3[nH]2)cc1Cn1ccnc1. The fourth-order valence-electron chi connectivity index (χ4n) is 2.72. The fourth-order valence-corrected chi connectivity index (χ4v) is 2.72. The van der Waals surface area contributed by atoms with Crippen molar-refractivity contribution >= 4 is 11.0 Å². The number of hydrogen-bond donors (Lipinski definition) is 1. The summed E-state index contributed by atoms with van der Waals surface area (Å²) < 4.78 is 7.49. The van der Waals surface area contributed by atoms with E-state index in [0.717, 1.165) is 33.7 Å². The molecule has 0 saturated carbocycles. The Balaban J connectivity index is 1.76. The van der Waals surface area contributed by atoms with Gasteiger partial charge in [-0.2, -0.15) is 0 Å². The molecule has 114 valence electrons. The van der Waals surface area contributed by atoms with Gasteiger partial charge in [0.2, 0.25) is 0 Å². The number of imidazole rings is 2. The molecular weight excluding hydrogens is 288 g/mol. The molecule has 0 bridgehead atoms. The molecule has 0 radical (unpaired) electrons. The van der Waals surface area contributed by atoms with Crippen LogP contribution in [0.4, 0.5) is 0 Å². The van der Waals surface area contributed by atoms with E-state index in [1.807, 2.05) is 47.2 Å². The van der Waals surface area contributed by atoms with Gasteiger partial charge in [-0.1, -0.05) is 12.1 Å². The number of rotatable bonds is 4. The minimum atomic E-state index is 0.706. The molecule has 4 aromatic rings. The molecule has 0 fully saturated rings. The maximum Gasteiger partial charge on any atom is 0.138 e. The van der Waals surface area contributed by atoms with Crippen molar-refractivity contribution in [3.8, 4) is 17.1 Å². The van der Waals surface area contributed by atoms with Crippen molar-refractivity contribution in [3.05, 3.63) is 66.7 Å². The molecule has 0 spiro atoms. The van der Waals surface area contributed by atoms with E-state index in [0.29, 0.717) is 6.54 Å². The molecule has 5 nitrogen and oxygen atoms in total. The molecule has 0 aliphatic carbocycles. The van der Waals surface area contributed by atoms with Crippen LogP contribution in [-0.2, 0) is 6.54 Å². The molecule has 0 amide bonds. The lowest BCUT2D eigenvalue weighted by Crippen LogP contribution is -2.00. The summed E-state index contributed by atoms with van der Waals surface area (Å²) in [6.45, 7) is 0.706. The standard InChI is InChI=1S/C18H16N4O/c1-23-17-7-6-13(10-14(17)11-22-9-8-19-12-22)18-20-15-4-2-3-5-16(15)21-18/h2-10,12H,11H2,1H3,(H,20,21). The highest BCUT2D eigenvalue weighted by molar-refractivity contribution is 5.79. The van der Waals surface area contributed by atoms with E-state index in [4.69, 9.17) is 4.74 Å². The average Bonchev–Trinajstić information content (AvgIpc) is 3.23. The van der Waals surface area contributed by atoms with Crippen molar-refractivity contribution in [1.29, 1.82) is 0 Å². The minimum absolute atomic E-state index is 0.706. The smallest absolute Gasteiger partial charge is 0.138 e. The van der Waals surface area contributed by atoms with Crippen LogP contribution in [0.5, 0.6) is 5.75 Å². The number of fused-ring (bicyclic) bond motifs is 1. The number of benzene rings is 2. The lowest BCUT2D eigenvalue weighted by atomic mass is 10.1. The van der Waals surface area contributed by atoms with Crippen molar-refractivity contribution < 1.29 is 4.74 Å². The molecule has 23 heavy (non-hydrogen) atoms. The number of methoxy groups -OCH3 is 1. The molecular formula is C18H16N4O. The van der Waals surface area contributed by atoms with Gasteiger partial charge in [-0.05, 0) is 30.3 Å². The summed E-state index contributed by atoms with van der Waals surface area (Å²) in [6, 6.07) is 14.1. The number of hydrogen-bond acceptors (Lipinski definition) is 3. The summed E-state index contributed by atoms with van der Waals surface area (Å²) in [4.78, 5) is 12.1. The number of H-pyrrole nitrogens is 1. The zero-order valence-electron chi connectivity index (χ0n) is 12.7. The predicted molar refractivity (Wildman–Crippen MR) is 89.4 cm³/mol. The van der Waals surface area contributed by atoms with Gasteiger partial charge in [0.05, 0.1) is 31.0 Å². The zero-order chi connectivity index (χ0) is 15.6. The highest BCUT2D eigenvalue weighted by Gasteiger charge is 2.10. The van der Waals surface area contributed by atoms with E-state index in [9.17, 15) is 0 Å². The summed E-state index contributed by atoms with van der Waals surface area (Å²) in [5.41, 5.74) is 4.13. The van der Waals surface area contributed by atoms with Gasteiger partial charge in [-0.15, -0.1) is 0 Å². The van der Waals surface area contributed by atoms with Crippen molar-refractivity contribution in [2.75, 3.05) is 7.11 Å². The van der Waals surface area contributed by atoms with Gasteiger partial charge in [-0.3, -0.25) is 0 Å². The monoisotopic (exact) mass is 304 g/mol. The van der Waals surface area contributed by atoms with Crippen LogP contribution in [0.2, 0.25) is 0 Å². The minimum Gasteiger partial charge on any atom is -0.496 e. The Kier molecular flexibility index (Phi) is 3.31. The molecule has 0 aliphatic heterocycles. The largest absolute Gasteiger partial charge is 0.496 e. The quantitative estimate of drug-likeness (QED) is 0.628. The van der Waals surface area contributed by atoms with Gasteiger partial charge in [-0.25, -0.2) is 9.97 Å². The van der Waals surface area contributed by atoms with Crippen LogP contribution in [0.25, 0.3) is 22.4 Å². The number of para-hydroxylation sites is 2. The van der Waals surface area contributed by atoms with E-state index in [-0.39, 0.29) is 0 Å². The zero-order valence-corrected chi connectivity index (χ0v) is 12.7. The third kappa shape index (κ3) is 2.57. The number of nitrogens with zero attached hydrogens (tertiary/aromatic N) is 3. The first-order valence-corrected chi connectivity index (χ1v) is 7.41. The van der Waals surface area contributed by atoms with Crippen molar-refractivity contribution in [3.63, 3.8) is 0 Å². The molecule has 5 heteroatoms. The fraction of sp³-hybridized carbons (Fsp3) is 0.111. The Labute approximate surface area is 133 Å². The first-order chi connectivity index (χ1) is 11.3. The molecule has 1 N–H and O–H groups in total. The second-order valence-corrected chi connectivity index (χ2v) is 5.36. The van der Waals surface area contributed by atoms with Crippen LogP contribution in [0, 0.1) is 0 Å². The van der Waals surface area contributed by atoms with Crippen LogP contribution in [0.3, 0.4) is 0 Å². The summed E-state index contributed by atoms with van der Waals surface area (Å²) in [5, 5.41) is 0. The van der Waals surface area contributed by atoms with E-state index in [2.05, 4.69) is 21.0 Å². The predicted octanol–water partition coefficient (Wildman–Crippen LogP) is 3.48. The van der Waals surface area contributed by atoms with Gasteiger partial charge in [0.15, 0.2) is 0 Å². The van der Waals surface area contributed by atoms with Crippen LogP contribution < -0.4 is 4.74 Å². The molecule has 0 aliphatic rings. The molecule has 4 rings (SSSR count). The van der Waals surface area contributed by atoms with Gasteiger partial charge in [0, 0.05) is 23.5 Å². The van der Waals surface area contributed by atoms with E-state index >= 15 is 0 Å². The molecule has 0 unspecified atom stereocenters. The summed E-state index contributed by atoms with van der Waals surface area (Å²) in [7, 11) is 1.69. The molecule has 0 saturated heterocycles.